The van der Waals surface area contributed by atoms with Crippen LogP contribution in [-0.4, -0.2) is 68.2 Å². The van der Waals surface area contributed by atoms with Crippen molar-refractivity contribution in [2.75, 3.05) is 45.6 Å². The van der Waals surface area contributed by atoms with Crippen molar-refractivity contribution in [3.05, 3.63) is 29.3 Å². The Kier molecular flexibility index (Phi) is 5.85. The van der Waals surface area contributed by atoms with Gasteiger partial charge in [0.2, 0.25) is 0 Å². The smallest absolute Gasteiger partial charge is 0.321 e. The Hall–Kier alpha value is -1.35. The molecular formula is C14H21ClN4O3S. The summed E-state index contributed by atoms with van der Waals surface area (Å²) in [6.07, 6.45) is 0.593. The van der Waals surface area contributed by atoms with Crippen LogP contribution in [0.4, 0.5) is 10.5 Å². The number of urea groups is 1. The maximum Gasteiger partial charge on any atom is 0.321 e. The number of halogens is 1. The summed E-state index contributed by atoms with van der Waals surface area (Å²) >= 11 is 5.90. The summed E-state index contributed by atoms with van der Waals surface area (Å²) in [7, 11) is -0.438. The molecule has 0 aromatic heterocycles. The number of rotatable bonds is 3. The largest absolute Gasteiger partial charge is 0.323 e. The lowest BCUT2D eigenvalue weighted by atomic mass is 10.3. The first-order chi connectivity index (χ1) is 10.8. The van der Waals surface area contributed by atoms with E-state index in [1.165, 1.54) is 22.7 Å². The maximum atomic E-state index is 12.3. The third-order valence-electron chi connectivity index (χ3n) is 3.61. The van der Waals surface area contributed by atoms with Gasteiger partial charge in [0.05, 0.1) is 0 Å². The molecule has 0 radical (unpaired) electrons. The molecule has 0 spiro atoms. The maximum absolute atomic E-state index is 12.3. The van der Waals surface area contributed by atoms with Gasteiger partial charge in [-0.05, 0) is 24.6 Å². The fourth-order valence-electron chi connectivity index (χ4n) is 2.33. The molecule has 128 valence electrons. The second-order valence-corrected chi connectivity index (χ2v) is 8.05. The van der Waals surface area contributed by atoms with E-state index in [9.17, 15) is 13.2 Å². The van der Waals surface area contributed by atoms with E-state index in [2.05, 4.69) is 5.32 Å². The molecule has 1 aliphatic heterocycles. The van der Waals surface area contributed by atoms with Gasteiger partial charge in [-0.1, -0.05) is 17.7 Å². The molecule has 7 nitrogen and oxygen atoms in total. The molecule has 1 aliphatic rings. The molecule has 0 unspecified atom stereocenters. The molecule has 1 heterocycles. The Morgan fingerprint density at radius 2 is 1.96 bits per heavy atom. The van der Waals surface area contributed by atoms with E-state index in [0.29, 0.717) is 36.8 Å². The minimum atomic E-state index is -3.45. The molecule has 1 aromatic rings. The minimum absolute atomic E-state index is 0.253. The summed E-state index contributed by atoms with van der Waals surface area (Å²) < 4.78 is 26.9. The molecule has 0 atom stereocenters. The standard InChI is InChI=1S/C14H21ClN4O3S/c1-17(2)23(21,22)19-8-4-7-18(9-10-19)14(20)16-13-6-3-5-12(15)11-13/h3,5-6,11H,4,7-10H2,1-2H3,(H,16,20). The number of hydrogen-bond donors (Lipinski definition) is 1. The van der Waals surface area contributed by atoms with Crippen molar-refractivity contribution in [2.24, 2.45) is 0 Å². The highest BCUT2D eigenvalue weighted by atomic mass is 35.5. The average molecular weight is 361 g/mol. The second-order valence-electron chi connectivity index (χ2n) is 5.47. The highest BCUT2D eigenvalue weighted by Gasteiger charge is 2.28. The van der Waals surface area contributed by atoms with Crippen LogP contribution >= 0.6 is 11.6 Å². The van der Waals surface area contributed by atoms with Gasteiger partial charge in [0.15, 0.2) is 0 Å². The van der Waals surface area contributed by atoms with Crippen molar-refractivity contribution < 1.29 is 13.2 Å². The van der Waals surface area contributed by atoms with Crippen LogP contribution in [0.25, 0.3) is 0 Å². The van der Waals surface area contributed by atoms with Gasteiger partial charge < -0.3 is 10.2 Å². The van der Waals surface area contributed by atoms with Crippen molar-refractivity contribution in [1.29, 1.82) is 0 Å². The Balaban J connectivity index is 1.99. The summed E-state index contributed by atoms with van der Waals surface area (Å²) in [5, 5.41) is 3.32. The number of carbonyl (C=O) groups is 1. The van der Waals surface area contributed by atoms with E-state index >= 15 is 0 Å². The summed E-state index contributed by atoms with van der Waals surface area (Å²) in [5.74, 6) is 0. The molecule has 0 saturated carbocycles. The molecule has 23 heavy (non-hydrogen) atoms. The van der Waals surface area contributed by atoms with Gasteiger partial charge in [-0.15, -0.1) is 0 Å². The number of anilines is 1. The molecule has 0 bridgehead atoms. The van der Waals surface area contributed by atoms with Gasteiger partial charge in [-0.3, -0.25) is 0 Å². The molecule has 2 rings (SSSR count). The van der Waals surface area contributed by atoms with Crippen LogP contribution in [0.5, 0.6) is 0 Å². The Morgan fingerprint density at radius 3 is 2.61 bits per heavy atom. The van der Waals surface area contributed by atoms with E-state index in [1.807, 2.05) is 0 Å². The number of carbonyl (C=O) groups excluding carboxylic acids is 1. The zero-order valence-electron chi connectivity index (χ0n) is 13.2. The van der Waals surface area contributed by atoms with Crippen molar-refractivity contribution in [3.63, 3.8) is 0 Å². The first-order valence-corrected chi connectivity index (χ1v) is 9.07. The van der Waals surface area contributed by atoms with E-state index in [1.54, 1.807) is 29.2 Å². The van der Waals surface area contributed by atoms with Gasteiger partial charge in [-0.2, -0.15) is 17.0 Å². The molecule has 1 N–H and O–H groups in total. The van der Waals surface area contributed by atoms with E-state index in [4.69, 9.17) is 11.6 Å². The molecule has 1 saturated heterocycles. The van der Waals surface area contributed by atoms with Gasteiger partial charge in [0, 0.05) is 51.0 Å². The zero-order valence-corrected chi connectivity index (χ0v) is 14.8. The Bertz CT molecular complexity index is 666. The predicted molar refractivity (Wildman–Crippen MR) is 90.8 cm³/mol. The average Bonchev–Trinajstić information content (AvgIpc) is 2.73. The quantitative estimate of drug-likeness (QED) is 0.891. The van der Waals surface area contributed by atoms with Crippen LogP contribution in [0, 0.1) is 0 Å². The van der Waals surface area contributed by atoms with Crippen LogP contribution in [-0.2, 0) is 10.2 Å². The lowest BCUT2D eigenvalue weighted by Gasteiger charge is -2.24. The summed E-state index contributed by atoms with van der Waals surface area (Å²) in [6.45, 7) is 1.54. The predicted octanol–water partition coefficient (Wildman–Crippen LogP) is 1.69. The number of nitrogens with one attached hydrogen (secondary N) is 1. The van der Waals surface area contributed by atoms with E-state index in [-0.39, 0.29) is 12.6 Å². The third kappa shape index (κ3) is 4.57. The van der Waals surface area contributed by atoms with Crippen molar-refractivity contribution in [3.8, 4) is 0 Å². The fraction of sp³-hybridized carbons (Fsp3) is 0.500. The van der Waals surface area contributed by atoms with Crippen molar-refractivity contribution in [1.82, 2.24) is 13.5 Å². The van der Waals surface area contributed by atoms with E-state index < -0.39 is 10.2 Å². The lowest BCUT2D eigenvalue weighted by molar-refractivity contribution is 0.214. The zero-order chi connectivity index (χ0) is 17.0. The molecule has 1 fully saturated rings. The molecular weight excluding hydrogens is 340 g/mol. The summed E-state index contributed by atoms with van der Waals surface area (Å²) in [5.41, 5.74) is 0.615. The minimum Gasteiger partial charge on any atom is -0.323 e. The van der Waals surface area contributed by atoms with Crippen molar-refractivity contribution in [2.45, 2.75) is 6.42 Å². The first-order valence-electron chi connectivity index (χ1n) is 7.30. The van der Waals surface area contributed by atoms with Crippen LogP contribution in [0.15, 0.2) is 24.3 Å². The van der Waals surface area contributed by atoms with Crippen LogP contribution in [0.2, 0.25) is 5.02 Å². The van der Waals surface area contributed by atoms with Crippen LogP contribution in [0.1, 0.15) is 6.42 Å². The highest BCUT2D eigenvalue weighted by molar-refractivity contribution is 7.86. The Labute approximate surface area is 142 Å². The molecule has 1 aromatic carbocycles. The lowest BCUT2D eigenvalue weighted by Crippen LogP contribution is -2.43. The summed E-state index contributed by atoms with van der Waals surface area (Å²) in [4.78, 5) is 13.9. The number of benzene rings is 1. The topological polar surface area (TPSA) is 73.0 Å². The summed E-state index contributed by atoms with van der Waals surface area (Å²) in [6, 6.07) is 6.65. The fourth-order valence-corrected chi connectivity index (χ4v) is 3.65. The van der Waals surface area contributed by atoms with E-state index in [0.717, 1.165) is 0 Å². The van der Waals surface area contributed by atoms with Crippen LogP contribution < -0.4 is 5.32 Å². The highest BCUT2D eigenvalue weighted by Crippen LogP contribution is 2.16. The van der Waals surface area contributed by atoms with Gasteiger partial charge >= 0.3 is 6.03 Å². The second kappa shape index (κ2) is 7.48. The molecule has 2 amide bonds. The van der Waals surface area contributed by atoms with Gasteiger partial charge in [0.1, 0.15) is 0 Å². The Morgan fingerprint density at radius 1 is 1.22 bits per heavy atom. The molecule has 9 heteroatoms. The molecule has 0 aliphatic carbocycles. The number of hydrogen-bond acceptors (Lipinski definition) is 3. The third-order valence-corrected chi connectivity index (χ3v) is 5.78. The number of nitrogens with zero attached hydrogens (tertiary/aromatic N) is 3. The van der Waals surface area contributed by atoms with Gasteiger partial charge in [0.25, 0.3) is 10.2 Å². The van der Waals surface area contributed by atoms with Gasteiger partial charge in [-0.25, -0.2) is 4.79 Å². The van der Waals surface area contributed by atoms with Crippen molar-refractivity contribution >= 4 is 33.5 Å². The first kappa shape index (κ1) is 18.0. The van der Waals surface area contributed by atoms with Crippen LogP contribution in [0.3, 0.4) is 0 Å². The SMILES string of the molecule is CN(C)S(=O)(=O)N1CCCN(C(=O)Nc2cccc(Cl)c2)CC1. The normalized spacial score (nSPS) is 17.1. The monoisotopic (exact) mass is 360 g/mol. The number of amides is 2.